The molecule has 1 aromatic carbocycles. The Labute approximate surface area is 196 Å². The van der Waals surface area contributed by atoms with Gasteiger partial charge in [-0.1, -0.05) is 113 Å². The molecule has 0 aliphatic heterocycles. The molecular weight excluding hydrogens is 503 g/mol. The lowest BCUT2D eigenvalue weighted by Gasteiger charge is -2.42. The lowest BCUT2D eigenvalue weighted by Crippen LogP contribution is -2.48. The van der Waals surface area contributed by atoms with Crippen LogP contribution in [0.5, 0.6) is 0 Å². The maximum Gasteiger partial charge on any atom is 0.192 e. The van der Waals surface area contributed by atoms with Crippen molar-refractivity contribution < 1.29 is 9.16 Å². The molecule has 0 aliphatic rings. The number of hydrogen-bond donors (Lipinski definition) is 0. The largest absolute Gasteiger partial charge is 0.413 e. The minimum Gasteiger partial charge on any atom is -0.413 e. The normalized spacial score (nSPS) is 17.1. The third-order valence-corrected chi connectivity index (χ3v) is 17.2. The zero-order valence-corrected chi connectivity index (χ0v) is 24.5. The molecule has 0 amide bonds. The number of ether oxygens (including phenoxy) is 1. The topological polar surface area (TPSA) is 18.5 Å². The van der Waals surface area contributed by atoms with Crippen LogP contribution in [0.4, 0.5) is 0 Å². The Balaban J connectivity index is 2.96. The van der Waals surface area contributed by atoms with Gasteiger partial charge in [0.05, 0.1) is 27.4 Å². The van der Waals surface area contributed by atoms with Gasteiger partial charge in [-0.15, -0.1) is 0 Å². The molecule has 0 N–H and O–H groups in total. The highest BCUT2D eigenvalue weighted by atomic mass is 127. The number of hydrogen-bond acceptors (Lipinski definition) is 2. The van der Waals surface area contributed by atoms with Gasteiger partial charge in [0.15, 0.2) is 8.32 Å². The van der Waals surface area contributed by atoms with Crippen molar-refractivity contribution in [3.63, 3.8) is 0 Å². The second-order valence-corrected chi connectivity index (χ2v) is 22.9. The lowest BCUT2D eigenvalue weighted by molar-refractivity contribution is 0.0195. The second kappa shape index (κ2) is 11.1. The van der Waals surface area contributed by atoms with Gasteiger partial charge < -0.3 is 9.16 Å². The molecule has 0 unspecified atom stereocenters. The Morgan fingerprint density at radius 3 is 2.07 bits per heavy atom. The predicted octanol–water partition coefficient (Wildman–Crippen LogP) is 8.06. The van der Waals surface area contributed by atoms with E-state index in [0.29, 0.717) is 18.4 Å². The predicted molar refractivity (Wildman–Crippen MR) is 142 cm³/mol. The third kappa shape index (κ3) is 8.97. The Kier molecular flexibility index (Phi) is 10.3. The first kappa shape index (κ1) is 27.1. The lowest BCUT2D eigenvalue weighted by atomic mass is 9.94. The molecule has 1 rings (SSSR count). The fraction of sp³-hybridized carbons (Fsp3) is 0.667. The Morgan fingerprint density at radius 2 is 1.59 bits per heavy atom. The zero-order valence-electron chi connectivity index (χ0n) is 20.3. The molecule has 0 fully saturated rings. The van der Waals surface area contributed by atoms with E-state index in [1.807, 2.05) is 6.07 Å². The maximum absolute atomic E-state index is 6.97. The van der Waals surface area contributed by atoms with Crippen LogP contribution in [0.25, 0.3) is 0 Å². The van der Waals surface area contributed by atoms with Crippen LogP contribution >= 0.6 is 22.6 Å². The quantitative estimate of drug-likeness (QED) is 0.218. The summed E-state index contributed by atoms with van der Waals surface area (Å²) in [6.45, 7) is 24.9. The fourth-order valence-electron chi connectivity index (χ4n) is 2.87. The van der Waals surface area contributed by atoms with Crippen LogP contribution in [0, 0.1) is 11.8 Å². The molecule has 5 heteroatoms. The maximum atomic E-state index is 6.97. The van der Waals surface area contributed by atoms with E-state index in [1.165, 1.54) is 8.77 Å². The van der Waals surface area contributed by atoms with Crippen LogP contribution in [0.15, 0.2) is 39.6 Å². The average molecular weight is 547 g/mol. The summed E-state index contributed by atoms with van der Waals surface area (Å²) in [5, 5.41) is 0.200. The van der Waals surface area contributed by atoms with Crippen molar-refractivity contribution in [3.8, 4) is 0 Å². The summed E-state index contributed by atoms with van der Waals surface area (Å²) < 4.78 is 14.6. The molecule has 2 nitrogen and oxygen atoms in total. The van der Waals surface area contributed by atoms with Gasteiger partial charge in [0.25, 0.3) is 0 Å². The first-order valence-corrected chi connectivity index (χ1v) is 18.3. The molecule has 0 bridgehead atoms. The first-order chi connectivity index (χ1) is 13.1. The van der Waals surface area contributed by atoms with E-state index in [2.05, 4.69) is 120 Å². The van der Waals surface area contributed by atoms with Crippen molar-refractivity contribution in [1.29, 1.82) is 0 Å². The molecule has 166 valence electrons. The van der Waals surface area contributed by atoms with E-state index >= 15 is 0 Å². The number of benzene rings is 1. The van der Waals surface area contributed by atoms with Crippen molar-refractivity contribution in [3.05, 3.63) is 45.2 Å². The van der Waals surface area contributed by atoms with Gasteiger partial charge in [-0.3, -0.25) is 0 Å². The van der Waals surface area contributed by atoms with Crippen LogP contribution in [0.1, 0.15) is 40.2 Å². The van der Waals surface area contributed by atoms with Crippen LogP contribution in [-0.2, 0) is 15.8 Å². The van der Waals surface area contributed by atoms with Gasteiger partial charge >= 0.3 is 0 Å². The van der Waals surface area contributed by atoms with Crippen molar-refractivity contribution in [1.82, 2.24) is 0 Å². The summed E-state index contributed by atoms with van der Waals surface area (Å²) in [5.41, 5.74) is 1.22. The Hall–Kier alpha value is 0.0438. The fourth-order valence-corrected chi connectivity index (χ4v) is 5.68. The molecule has 0 saturated carbocycles. The Bertz CT molecular complexity index is 645. The minimum absolute atomic E-state index is 0.174. The van der Waals surface area contributed by atoms with Gasteiger partial charge in [-0.05, 0) is 32.8 Å². The van der Waals surface area contributed by atoms with Gasteiger partial charge in [0, 0.05) is 5.92 Å². The smallest absolute Gasteiger partial charge is 0.192 e. The summed E-state index contributed by atoms with van der Waals surface area (Å²) in [6.07, 6.45) is 2.64. The van der Waals surface area contributed by atoms with E-state index in [4.69, 9.17) is 9.16 Å². The van der Waals surface area contributed by atoms with E-state index in [9.17, 15) is 0 Å². The SMILES string of the molecule is C[C@@H](/C=C(\I)[Si](C)(C)C)[C@@H](O[Si](C)(C)C(C)(C)C)[C@@H](C)COCc1ccccc1. The third-order valence-electron chi connectivity index (χ3n) is 5.93. The van der Waals surface area contributed by atoms with Gasteiger partial charge in [0.1, 0.15) is 0 Å². The van der Waals surface area contributed by atoms with Gasteiger partial charge in [-0.2, -0.15) is 0 Å². The number of rotatable bonds is 10. The highest BCUT2D eigenvalue weighted by Crippen LogP contribution is 2.39. The molecule has 0 aliphatic carbocycles. The van der Waals surface area contributed by atoms with Crippen molar-refractivity contribution >= 4 is 39.0 Å². The molecular formula is C24H43IO2Si2. The standard InChI is InChI=1S/C24H43IO2Si2/c1-19(16-22(25)28(6,7)8)23(27-29(9,10)24(3,4)5)20(2)17-26-18-21-14-12-11-13-15-21/h11-16,19-20,23H,17-18H2,1-10H3/b22-16+/t19-,20-,23+/m0/s1. The first-order valence-electron chi connectivity index (χ1n) is 10.8. The zero-order chi connectivity index (χ0) is 22.5. The second-order valence-electron chi connectivity index (χ2n) is 10.9. The van der Waals surface area contributed by atoms with Gasteiger partial charge in [-0.25, -0.2) is 0 Å². The summed E-state index contributed by atoms with van der Waals surface area (Å²) in [4.78, 5) is 0. The van der Waals surface area contributed by atoms with Crippen LogP contribution in [0.2, 0.25) is 37.8 Å². The Morgan fingerprint density at radius 1 is 1.03 bits per heavy atom. The van der Waals surface area contributed by atoms with Crippen LogP contribution < -0.4 is 0 Å². The molecule has 1 aromatic rings. The highest BCUT2D eigenvalue weighted by Gasteiger charge is 2.41. The molecule has 0 radical (unpaired) electrons. The van der Waals surface area contributed by atoms with Crippen molar-refractivity contribution in [2.45, 2.75) is 85.1 Å². The van der Waals surface area contributed by atoms with E-state index in [0.717, 1.165) is 6.61 Å². The highest BCUT2D eigenvalue weighted by molar-refractivity contribution is 14.1. The van der Waals surface area contributed by atoms with Gasteiger partial charge in [0.2, 0.25) is 0 Å². The molecule has 0 aromatic heterocycles. The molecule has 3 atom stereocenters. The summed E-state index contributed by atoms with van der Waals surface area (Å²) in [5.74, 6) is 0.711. The summed E-state index contributed by atoms with van der Waals surface area (Å²) >= 11 is 2.56. The van der Waals surface area contributed by atoms with Crippen molar-refractivity contribution in [2.24, 2.45) is 11.8 Å². The van der Waals surface area contributed by atoms with Crippen LogP contribution in [-0.4, -0.2) is 29.1 Å². The average Bonchev–Trinajstić information content (AvgIpc) is 2.58. The van der Waals surface area contributed by atoms with Crippen molar-refractivity contribution in [2.75, 3.05) is 6.61 Å². The summed E-state index contributed by atoms with van der Waals surface area (Å²) in [6, 6.07) is 10.4. The molecule has 0 saturated heterocycles. The monoisotopic (exact) mass is 546 g/mol. The van der Waals surface area contributed by atoms with Crippen LogP contribution in [0.3, 0.4) is 0 Å². The van der Waals surface area contributed by atoms with E-state index in [-0.39, 0.29) is 11.1 Å². The number of halogens is 1. The molecule has 29 heavy (non-hydrogen) atoms. The minimum atomic E-state index is -1.87. The van der Waals surface area contributed by atoms with E-state index < -0.39 is 16.4 Å². The molecule has 0 spiro atoms. The summed E-state index contributed by atoms with van der Waals surface area (Å²) in [7, 11) is -3.17. The van der Waals surface area contributed by atoms with E-state index in [1.54, 1.807) is 0 Å². The molecule has 0 heterocycles.